The van der Waals surface area contributed by atoms with E-state index in [9.17, 15) is 4.79 Å². The number of aromatic nitrogens is 2. The Morgan fingerprint density at radius 3 is 1.27 bits per heavy atom. The molecule has 16 aromatic rings. The lowest BCUT2D eigenvalue weighted by molar-refractivity contribution is 1.15. The van der Waals surface area contributed by atoms with E-state index in [0.717, 1.165) is 54.1 Å². The van der Waals surface area contributed by atoms with Gasteiger partial charge in [0.05, 0.1) is 11.0 Å². The van der Waals surface area contributed by atoms with Crippen LogP contribution in [0.4, 0.5) is 0 Å². The maximum atomic E-state index is 14.8. The van der Waals surface area contributed by atoms with Crippen LogP contribution >= 0.6 is 0 Å². The Kier molecular flexibility index (Phi) is 5.70. The molecule has 0 spiro atoms. The van der Waals surface area contributed by atoms with Gasteiger partial charge in [-0.3, -0.25) is 9.20 Å². The van der Waals surface area contributed by atoms with Gasteiger partial charge >= 0.3 is 0 Å². The van der Waals surface area contributed by atoms with Crippen LogP contribution in [0, 0.1) is 0 Å². The van der Waals surface area contributed by atoms with E-state index in [4.69, 9.17) is 4.98 Å². The van der Waals surface area contributed by atoms with Gasteiger partial charge in [0.15, 0.2) is 0 Å². The first-order valence-electron chi connectivity index (χ1n) is 21.8. The van der Waals surface area contributed by atoms with Crippen LogP contribution in [0.25, 0.3) is 157 Å². The third-order valence-electron chi connectivity index (χ3n) is 14.7. The van der Waals surface area contributed by atoms with Gasteiger partial charge < -0.3 is 0 Å². The highest BCUT2D eigenvalue weighted by atomic mass is 16.1. The van der Waals surface area contributed by atoms with Crippen LogP contribution in [0.5, 0.6) is 0 Å². The number of nitrogens with zero attached hydrogens (tertiary/aromatic N) is 2. The second-order valence-corrected chi connectivity index (χ2v) is 17.6. The van der Waals surface area contributed by atoms with Gasteiger partial charge in [0, 0.05) is 21.5 Å². The fraction of sp³-hybridized carbons (Fsp3) is 0. The fourth-order valence-corrected chi connectivity index (χ4v) is 12.4. The van der Waals surface area contributed by atoms with Crippen molar-refractivity contribution < 1.29 is 0 Å². The number of pyridine rings is 1. The highest BCUT2D eigenvalue weighted by Gasteiger charge is 2.29. The van der Waals surface area contributed by atoms with E-state index < -0.39 is 0 Å². The highest BCUT2D eigenvalue weighted by Crippen LogP contribution is 2.57. The molecule has 0 saturated heterocycles. The first kappa shape index (κ1) is 32.4. The smallest absolute Gasteiger partial charge is 0.264 e. The Balaban J connectivity index is 1.13. The van der Waals surface area contributed by atoms with E-state index in [2.05, 4.69) is 176 Å². The molecule has 286 valence electrons. The van der Waals surface area contributed by atoms with Crippen LogP contribution in [0.2, 0.25) is 0 Å². The second kappa shape index (κ2) is 11.1. The van der Waals surface area contributed by atoms with Gasteiger partial charge in [-0.2, -0.15) is 0 Å². The molecule has 0 aliphatic rings. The van der Waals surface area contributed by atoms with Gasteiger partial charge in [0.2, 0.25) is 0 Å². The summed E-state index contributed by atoms with van der Waals surface area (Å²) in [6.45, 7) is 0. The van der Waals surface area contributed by atoms with Gasteiger partial charge in [-0.25, -0.2) is 4.98 Å². The average Bonchev–Trinajstić information content (AvgIpc) is 3.85. The molecule has 0 saturated carbocycles. The lowest BCUT2D eigenvalue weighted by atomic mass is 9.86. The van der Waals surface area contributed by atoms with Crippen molar-refractivity contribution >= 4 is 135 Å². The maximum absolute atomic E-state index is 14.8. The van der Waals surface area contributed by atoms with E-state index in [1.54, 1.807) is 0 Å². The molecule has 2 heterocycles. The van der Waals surface area contributed by atoms with Crippen LogP contribution < -0.4 is 5.56 Å². The highest BCUT2D eigenvalue weighted by molar-refractivity contribution is 6.50. The normalized spacial score (nSPS) is 12.8. The SMILES string of the molecule is O=c1c2ccc3c4ccc5c6c(-c7ccccc7)c7c8cccc9cccc(c7c(-c7ccccc7)c6c6ccc(c7ccc(c2c37)c2nc3cccc7cccc(c73)n12)c4c56)c98. The Bertz CT molecular complexity index is 4540. The molecule has 14 aromatic carbocycles. The average molecular weight is 795 g/mol. The molecule has 0 fully saturated rings. The predicted octanol–water partition coefficient (Wildman–Crippen LogP) is 15.6. The summed E-state index contributed by atoms with van der Waals surface area (Å²) in [5.41, 5.74) is 7.48. The monoisotopic (exact) mass is 794 g/mol. The molecule has 0 unspecified atom stereocenters. The van der Waals surface area contributed by atoms with Crippen molar-refractivity contribution in [1.29, 1.82) is 0 Å². The number of rotatable bonds is 2. The third kappa shape index (κ3) is 3.73. The Morgan fingerprint density at radius 2 is 0.714 bits per heavy atom. The molecule has 0 amide bonds. The van der Waals surface area contributed by atoms with Crippen molar-refractivity contribution in [2.24, 2.45) is 0 Å². The summed E-state index contributed by atoms with van der Waals surface area (Å²) < 4.78 is 1.84. The van der Waals surface area contributed by atoms with E-state index in [1.807, 2.05) is 10.5 Å². The molecule has 63 heavy (non-hydrogen) atoms. The maximum Gasteiger partial charge on any atom is 0.264 e. The van der Waals surface area contributed by atoms with Crippen LogP contribution in [0.15, 0.2) is 187 Å². The zero-order valence-electron chi connectivity index (χ0n) is 33.6. The predicted molar refractivity (Wildman–Crippen MR) is 267 cm³/mol. The van der Waals surface area contributed by atoms with Crippen molar-refractivity contribution in [1.82, 2.24) is 9.38 Å². The third-order valence-corrected chi connectivity index (χ3v) is 14.7. The van der Waals surface area contributed by atoms with E-state index in [1.165, 1.54) is 97.7 Å². The summed E-state index contributed by atoms with van der Waals surface area (Å²) in [4.78, 5) is 20.1. The molecule has 0 bridgehead atoms. The van der Waals surface area contributed by atoms with Crippen molar-refractivity contribution in [3.63, 3.8) is 0 Å². The minimum atomic E-state index is -0.0332. The standard InChI is InChI=1S/C60H30N2O/c63-60-44-30-26-38-36-24-28-42-53-41(27-23-35(51(36)53)37-25-29-43(54(44)52(37)38)59-61-45-21-9-17-32-18-10-22-46(48(32)45)62(59)60)57-49(33-11-3-1-4-12-33)55-39-19-7-15-31-16-8-20-40(47(31)39)56(55)50(58(42)57)34-13-5-2-6-14-34/h1-30H. The number of hydrogen-bond donors (Lipinski definition) is 0. The molecule has 3 nitrogen and oxygen atoms in total. The summed E-state index contributed by atoms with van der Waals surface area (Å²) in [5, 5.41) is 26.2. The topological polar surface area (TPSA) is 34.4 Å². The summed E-state index contributed by atoms with van der Waals surface area (Å²) >= 11 is 0. The molecular weight excluding hydrogens is 765 g/mol. The Morgan fingerprint density at radius 1 is 0.302 bits per heavy atom. The molecule has 0 aliphatic carbocycles. The van der Waals surface area contributed by atoms with Crippen LogP contribution in [0.3, 0.4) is 0 Å². The first-order valence-corrected chi connectivity index (χ1v) is 21.8. The second-order valence-electron chi connectivity index (χ2n) is 17.6. The molecule has 3 heteroatoms. The largest absolute Gasteiger partial charge is 0.268 e. The van der Waals surface area contributed by atoms with Gasteiger partial charge in [-0.05, 0) is 143 Å². The molecule has 2 aromatic heterocycles. The van der Waals surface area contributed by atoms with Crippen molar-refractivity contribution in [2.45, 2.75) is 0 Å². The summed E-state index contributed by atoms with van der Waals surface area (Å²) in [6, 6.07) is 66.4. The lowest BCUT2D eigenvalue weighted by Gasteiger charge is -2.18. The van der Waals surface area contributed by atoms with Crippen LogP contribution in [-0.2, 0) is 0 Å². The zero-order chi connectivity index (χ0) is 40.8. The van der Waals surface area contributed by atoms with E-state index in [-0.39, 0.29) is 5.56 Å². The molecule has 16 rings (SSSR count). The summed E-state index contributed by atoms with van der Waals surface area (Å²) in [5.74, 6) is 0. The first-order chi connectivity index (χ1) is 31.2. The minimum absolute atomic E-state index is 0.0332. The summed E-state index contributed by atoms with van der Waals surface area (Å²) in [6.07, 6.45) is 0. The number of benzene rings is 12. The van der Waals surface area contributed by atoms with Crippen molar-refractivity contribution in [3.05, 3.63) is 192 Å². The van der Waals surface area contributed by atoms with E-state index >= 15 is 0 Å². The number of fused-ring (bicyclic) bond motifs is 11. The van der Waals surface area contributed by atoms with Crippen LogP contribution in [-0.4, -0.2) is 9.38 Å². The summed E-state index contributed by atoms with van der Waals surface area (Å²) in [7, 11) is 0. The molecule has 0 N–H and O–H groups in total. The van der Waals surface area contributed by atoms with Gasteiger partial charge in [-0.15, -0.1) is 0 Å². The quantitative estimate of drug-likeness (QED) is 0.129. The van der Waals surface area contributed by atoms with Crippen LogP contribution in [0.1, 0.15) is 0 Å². The Labute approximate surface area is 357 Å². The molecule has 0 aliphatic heterocycles. The van der Waals surface area contributed by atoms with Gasteiger partial charge in [0.1, 0.15) is 5.65 Å². The minimum Gasteiger partial charge on any atom is -0.268 e. The van der Waals surface area contributed by atoms with Gasteiger partial charge in [0.25, 0.3) is 5.56 Å². The molecule has 0 atom stereocenters. The zero-order valence-corrected chi connectivity index (χ0v) is 33.6. The molecular formula is C60H30N2O. The van der Waals surface area contributed by atoms with Crippen molar-refractivity contribution in [3.8, 4) is 22.3 Å². The fourth-order valence-electron chi connectivity index (χ4n) is 12.4. The van der Waals surface area contributed by atoms with Gasteiger partial charge in [-0.1, -0.05) is 158 Å². The lowest BCUT2D eigenvalue weighted by Crippen LogP contribution is -2.16. The molecule has 0 radical (unpaired) electrons. The Hall–Kier alpha value is -8.40. The number of hydrogen-bond acceptors (Lipinski definition) is 2. The van der Waals surface area contributed by atoms with Crippen molar-refractivity contribution in [2.75, 3.05) is 0 Å². The van der Waals surface area contributed by atoms with E-state index in [0.29, 0.717) is 5.65 Å².